The van der Waals surface area contributed by atoms with Gasteiger partial charge in [0.2, 0.25) is 11.7 Å². The molecule has 0 bridgehead atoms. The largest absolute Gasteiger partial charge is 0.381 e. The van der Waals surface area contributed by atoms with E-state index in [2.05, 4.69) is 15.2 Å². The van der Waals surface area contributed by atoms with E-state index in [1.165, 1.54) is 0 Å². The van der Waals surface area contributed by atoms with Crippen LogP contribution in [-0.4, -0.2) is 39.7 Å². The molecule has 2 aromatic heterocycles. The molecule has 0 atom stereocenters. The number of ether oxygens (including phenoxy) is 1. The van der Waals surface area contributed by atoms with Crippen LogP contribution < -0.4 is 5.73 Å². The molecule has 1 aliphatic heterocycles. The molecule has 0 unspecified atom stereocenters. The van der Waals surface area contributed by atoms with Crippen LogP contribution in [0.5, 0.6) is 0 Å². The van der Waals surface area contributed by atoms with Gasteiger partial charge in [-0.05, 0) is 18.9 Å². The summed E-state index contributed by atoms with van der Waals surface area (Å²) in [5.74, 6) is 1.11. The van der Waals surface area contributed by atoms with Crippen LogP contribution in [0.1, 0.15) is 18.7 Å². The summed E-state index contributed by atoms with van der Waals surface area (Å²) < 4.78 is 12.5. The van der Waals surface area contributed by atoms with Crippen molar-refractivity contribution in [2.45, 2.75) is 18.3 Å². The van der Waals surface area contributed by atoms with Crippen molar-refractivity contribution in [1.29, 1.82) is 0 Å². The van der Waals surface area contributed by atoms with Crippen molar-refractivity contribution < 1.29 is 9.26 Å². The van der Waals surface area contributed by atoms with Crippen LogP contribution in [0.3, 0.4) is 0 Å². The Bertz CT molecular complexity index is 556. The Labute approximate surface area is 110 Å². The van der Waals surface area contributed by atoms with Gasteiger partial charge in [0.1, 0.15) is 5.69 Å². The summed E-state index contributed by atoms with van der Waals surface area (Å²) in [6.45, 7) is 1.84. The van der Waals surface area contributed by atoms with E-state index in [1.807, 2.05) is 19.3 Å². The summed E-state index contributed by atoms with van der Waals surface area (Å²) in [5, 5.41) is 8.27. The van der Waals surface area contributed by atoms with Crippen molar-refractivity contribution in [3.05, 3.63) is 18.2 Å². The Hall–Kier alpha value is -1.73. The van der Waals surface area contributed by atoms with Crippen LogP contribution in [0.2, 0.25) is 0 Å². The van der Waals surface area contributed by atoms with E-state index in [-0.39, 0.29) is 5.41 Å². The summed E-state index contributed by atoms with van der Waals surface area (Å²) in [7, 11) is 1.85. The second kappa shape index (κ2) is 4.75. The highest BCUT2D eigenvalue weighted by molar-refractivity contribution is 5.47. The molecular formula is C12H17N5O2. The van der Waals surface area contributed by atoms with Crippen molar-refractivity contribution in [2.75, 3.05) is 19.8 Å². The quantitative estimate of drug-likeness (QED) is 0.865. The molecule has 0 amide bonds. The zero-order chi connectivity index (χ0) is 13.3. The molecule has 0 saturated carbocycles. The fourth-order valence-electron chi connectivity index (χ4n) is 2.34. The third kappa shape index (κ3) is 2.15. The number of rotatable bonds is 3. The lowest BCUT2D eigenvalue weighted by atomic mass is 9.80. The van der Waals surface area contributed by atoms with E-state index in [4.69, 9.17) is 15.0 Å². The number of nitrogens with two attached hydrogens (primary N) is 1. The van der Waals surface area contributed by atoms with Crippen molar-refractivity contribution in [3.8, 4) is 11.5 Å². The monoisotopic (exact) mass is 263 g/mol. The lowest BCUT2D eigenvalue weighted by Gasteiger charge is -2.32. The van der Waals surface area contributed by atoms with Crippen LogP contribution in [0.4, 0.5) is 0 Å². The fraction of sp³-hybridized carbons (Fsp3) is 0.583. The number of hydrogen-bond donors (Lipinski definition) is 1. The average molecular weight is 263 g/mol. The van der Waals surface area contributed by atoms with Gasteiger partial charge in [-0.2, -0.15) is 10.1 Å². The first-order valence-corrected chi connectivity index (χ1v) is 6.35. The molecule has 0 aliphatic carbocycles. The zero-order valence-corrected chi connectivity index (χ0v) is 10.9. The van der Waals surface area contributed by atoms with Crippen LogP contribution >= 0.6 is 0 Å². The highest BCUT2D eigenvalue weighted by atomic mass is 16.5. The van der Waals surface area contributed by atoms with E-state index in [0.717, 1.165) is 12.8 Å². The van der Waals surface area contributed by atoms with Crippen molar-refractivity contribution in [1.82, 2.24) is 19.9 Å². The molecule has 1 aliphatic rings. The van der Waals surface area contributed by atoms with Crippen LogP contribution in [-0.2, 0) is 17.2 Å². The SMILES string of the molecule is Cn1ccc(-c2noc(C3(CN)CCOCC3)n2)n1. The van der Waals surface area contributed by atoms with Crippen LogP contribution in [0.15, 0.2) is 16.8 Å². The van der Waals surface area contributed by atoms with E-state index in [0.29, 0.717) is 37.2 Å². The Morgan fingerprint density at radius 3 is 2.84 bits per heavy atom. The topological polar surface area (TPSA) is 92.0 Å². The second-order valence-corrected chi connectivity index (χ2v) is 4.89. The first kappa shape index (κ1) is 12.3. The molecule has 1 fully saturated rings. The Morgan fingerprint density at radius 1 is 1.42 bits per heavy atom. The molecule has 7 heteroatoms. The highest BCUT2D eigenvalue weighted by Gasteiger charge is 2.38. The first-order chi connectivity index (χ1) is 9.23. The van der Waals surface area contributed by atoms with Gasteiger partial charge in [-0.15, -0.1) is 0 Å². The molecular weight excluding hydrogens is 246 g/mol. The van der Waals surface area contributed by atoms with Crippen molar-refractivity contribution in [2.24, 2.45) is 12.8 Å². The van der Waals surface area contributed by atoms with E-state index < -0.39 is 0 Å². The summed E-state index contributed by atoms with van der Waals surface area (Å²) in [5.41, 5.74) is 6.37. The van der Waals surface area contributed by atoms with Gasteiger partial charge in [0.25, 0.3) is 0 Å². The minimum Gasteiger partial charge on any atom is -0.381 e. The second-order valence-electron chi connectivity index (χ2n) is 4.89. The predicted octanol–water partition coefficient (Wildman–Crippen LogP) is 0.477. The molecule has 3 rings (SSSR count). The third-order valence-electron chi connectivity index (χ3n) is 3.66. The standard InChI is InChI=1S/C12H17N5O2/c1-17-5-2-9(15-17)10-14-11(19-16-10)12(8-13)3-6-18-7-4-12/h2,5H,3-4,6-8,13H2,1H3. The fourth-order valence-corrected chi connectivity index (χ4v) is 2.34. The molecule has 7 nitrogen and oxygen atoms in total. The van der Waals surface area contributed by atoms with Gasteiger partial charge in [-0.25, -0.2) is 0 Å². The van der Waals surface area contributed by atoms with Crippen LogP contribution in [0, 0.1) is 0 Å². The molecule has 102 valence electrons. The van der Waals surface area contributed by atoms with Gasteiger partial charge in [0, 0.05) is 33.0 Å². The minimum atomic E-state index is -0.252. The molecule has 0 radical (unpaired) electrons. The molecule has 19 heavy (non-hydrogen) atoms. The molecule has 0 aromatic carbocycles. The summed E-state index contributed by atoms with van der Waals surface area (Å²) in [6.07, 6.45) is 3.47. The Morgan fingerprint density at radius 2 is 2.21 bits per heavy atom. The predicted molar refractivity (Wildman–Crippen MR) is 67.3 cm³/mol. The maximum atomic E-state index is 5.92. The normalized spacial score (nSPS) is 18.6. The van der Waals surface area contributed by atoms with E-state index >= 15 is 0 Å². The van der Waals surface area contributed by atoms with Crippen LogP contribution in [0.25, 0.3) is 11.5 Å². The first-order valence-electron chi connectivity index (χ1n) is 6.35. The highest BCUT2D eigenvalue weighted by Crippen LogP contribution is 2.33. The Balaban J connectivity index is 1.91. The van der Waals surface area contributed by atoms with Gasteiger partial charge < -0.3 is 15.0 Å². The molecule has 0 spiro atoms. The molecule has 1 saturated heterocycles. The smallest absolute Gasteiger partial charge is 0.234 e. The lowest BCUT2D eigenvalue weighted by Crippen LogP contribution is -2.40. The maximum Gasteiger partial charge on any atom is 0.234 e. The van der Waals surface area contributed by atoms with E-state index in [9.17, 15) is 0 Å². The number of aryl methyl sites for hydroxylation is 1. The Kier molecular flexibility index (Phi) is 3.08. The average Bonchev–Trinajstić information content (AvgIpc) is 3.08. The number of nitrogens with zero attached hydrogens (tertiary/aromatic N) is 4. The van der Waals surface area contributed by atoms with Gasteiger partial charge >= 0.3 is 0 Å². The molecule has 2 N–H and O–H groups in total. The summed E-state index contributed by atoms with van der Waals surface area (Å²) in [6, 6.07) is 1.85. The molecule has 3 heterocycles. The van der Waals surface area contributed by atoms with Gasteiger partial charge in [-0.3, -0.25) is 4.68 Å². The van der Waals surface area contributed by atoms with E-state index in [1.54, 1.807) is 4.68 Å². The number of hydrogen-bond acceptors (Lipinski definition) is 6. The lowest BCUT2D eigenvalue weighted by molar-refractivity contribution is 0.0409. The summed E-state index contributed by atoms with van der Waals surface area (Å²) in [4.78, 5) is 4.47. The zero-order valence-electron chi connectivity index (χ0n) is 10.9. The third-order valence-corrected chi connectivity index (χ3v) is 3.66. The maximum absolute atomic E-state index is 5.92. The molecule has 2 aromatic rings. The van der Waals surface area contributed by atoms with Gasteiger partial charge in [0.15, 0.2) is 0 Å². The van der Waals surface area contributed by atoms with Gasteiger partial charge in [-0.1, -0.05) is 5.16 Å². The van der Waals surface area contributed by atoms with Crippen molar-refractivity contribution >= 4 is 0 Å². The summed E-state index contributed by atoms with van der Waals surface area (Å²) >= 11 is 0. The minimum absolute atomic E-state index is 0.252. The number of aromatic nitrogens is 4. The van der Waals surface area contributed by atoms with Crippen molar-refractivity contribution in [3.63, 3.8) is 0 Å². The van der Waals surface area contributed by atoms with Gasteiger partial charge in [0.05, 0.1) is 5.41 Å².